The van der Waals surface area contributed by atoms with Gasteiger partial charge < -0.3 is 5.32 Å². The van der Waals surface area contributed by atoms with Crippen LogP contribution in [0.15, 0.2) is 52.5 Å². The highest BCUT2D eigenvalue weighted by Gasteiger charge is 2.09. The molecule has 1 N–H and O–H groups in total. The molecule has 0 radical (unpaired) electrons. The van der Waals surface area contributed by atoms with Crippen LogP contribution in [0, 0.1) is 5.82 Å². The molecule has 2 nitrogen and oxygen atoms in total. The van der Waals surface area contributed by atoms with Crippen molar-refractivity contribution < 1.29 is 4.39 Å². The Labute approximate surface area is 117 Å². The van der Waals surface area contributed by atoms with E-state index in [9.17, 15) is 4.39 Å². The molecule has 0 aliphatic carbocycles. The molecule has 0 aliphatic heterocycles. The molecule has 1 aromatic carbocycles. The largest absolute Gasteiger partial charge is 0.313 e. The van der Waals surface area contributed by atoms with Gasteiger partial charge in [0.2, 0.25) is 0 Å². The van der Waals surface area contributed by atoms with E-state index in [-0.39, 0.29) is 5.82 Å². The number of hydrogen-bond donors (Lipinski definition) is 1. The third-order valence-corrected chi connectivity index (χ3v) is 3.79. The first kappa shape index (κ1) is 14.0. The van der Waals surface area contributed by atoms with E-state index in [0.717, 1.165) is 28.3 Å². The van der Waals surface area contributed by atoms with Gasteiger partial charge in [-0.15, -0.1) is 0 Å². The average molecular weight is 276 g/mol. The summed E-state index contributed by atoms with van der Waals surface area (Å²) >= 11 is 1.57. The normalized spacial score (nSPS) is 10.6. The molecule has 0 atom stereocenters. The van der Waals surface area contributed by atoms with Gasteiger partial charge in [0.15, 0.2) is 0 Å². The van der Waals surface area contributed by atoms with Gasteiger partial charge in [-0.25, -0.2) is 4.39 Å². The fourth-order valence-corrected chi connectivity index (χ4v) is 2.68. The van der Waals surface area contributed by atoms with Crippen molar-refractivity contribution in [3.8, 4) is 0 Å². The molecule has 1 heterocycles. The van der Waals surface area contributed by atoms with Crippen molar-refractivity contribution in [2.24, 2.45) is 0 Å². The lowest BCUT2D eigenvalue weighted by molar-refractivity contribution is 0.578. The van der Waals surface area contributed by atoms with E-state index in [4.69, 9.17) is 0 Å². The minimum absolute atomic E-state index is 0.150. The highest BCUT2D eigenvalue weighted by Crippen LogP contribution is 2.31. The Bertz CT molecular complexity index is 517. The fraction of sp³-hybridized carbons (Fsp3) is 0.267. The predicted molar refractivity (Wildman–Crippen MR) is 76.8 cm³/mol. The van der Waals surface area contributed by atoms with Crippen LogP contribution in [0.5, 0.6) is 0 Å². The molecule has 0 saturated carbocycles. The Kier molecular flexibility index (Phi) is 5.36. The Morgan fingerprint density at radius 1 is 1.21 bits per heavy atom. The fourth-order valence-electron chi connectivity index (χ4n) is 1.73. The van der Waals surface area contributed by atoms with E-state index < -0.39 is 0 Å². The maximum absolute atomic E-state index is 13.9. The van der Waals surface area contributed by atoms with Gasteiger partial charge in [0.05, 0.1) is 0 Å². The number of benzene rings is 1. The molecule has 0 saturated heterocycles. The first-order chi connectivity index (χ1) is 9.31. The highest BCUT2D eigenvalue weighted by atomic mass is 32.2. The molecule has 4 heteroatoms. The van der Waals surface area contributed by atoms with Crippen molar-refractivity contribution in [3.05, 3.63) is 54.1 Å². The standard InChI is InChI=1S/C15H17FN2S/c1-2-8-18-11-13-14(16)4-3-5-15(13)19-12-6-9-17-10-7-12/h3-7,9-10,18H,2,8,11H2,1H3. The lowest BCUT2D eigenvalue weighted by Crippen LogP contribution is -2.15. The summed E-state index contributed by atoms with van der Waals surface area (Å²) in [6.07, 6.45) is 4.54. The highest BCUT2D eigenvalue weighted by molar-refractivity contribution is 7.99. The molecular weight excluding hydrogens is 259 g/mol. The summed E-state index contributed by atoms with van der Waals surface area (Å²) in [6, 6.07) is 9.08. The van der Waals surface area contributed by atoms with E-state index in [2.05, 4.69) is 17.2 Å². The van der Waals surface area contributed by atoms with Crippen LogP contribution in [-0.4, -0.2) is 11.5 Å². The first-order valence-corrected chi connectivity index (χ1v) is 7.19. The zero-order valence-electron chi connectivity index (χ0n) is 10.9. The molecule has 2 rings (SSSR count). The second kappa shape index (κ2) is 7.26. The molecular formula is C15H17FN2S. The monoisotopic (exact) mass is 276 g/mol. The summed E-state index contributed by atoms with van der Waals surface area (Å²) in [5.41, 5.74) is 0.734. The van der Waals surface area contributed by atoms with Crippen LogP contribution in [0.1, 0.15) is 18.9 Å². The quantitative estimate of drug-likeness (QED) is 0.811. The number of halogens is 1. The SMILES string of the molecule is CCCNCc1c(F)cccc1Sc1ccncc1. The Morgan fingerprint density at radius 2 is 2.00 bits per heavy atom. The van der Waals surface area contributed by atoms with E-state index in [1.165, 1.54) is 6.07 Å². The van der Waals surface area contributed by atoms with Crippen molar-refractivity contribution in [2.45, 2.75) is 29.7 Å². The van der Waals surface area contributed by atoms with Crippen LogP contribution < -0.4 is 5.32 Å². The smallest absolute Gasteiger partial charge is 0.128 e. The van der Waals surface area contributed by atoms with E-state index in [0.29, 0.717) is 6.54 Å². The molecule has 2 aromatic rings. The molecule has 19 heavy (non-hydrogen) atoms. The van der Waals surface area contributed by atoms with Gasteiger partial charge >= 0.3 is 0 Å². The third kappa shape index (κ3) is 4.04. The lowest BCUT2D eigenvalue weighted by Gasteiger charge is -2.11. The van der Waals surface area contributed by atoms with Crippen LogP contribution in [0.25, 0.3) is 0 Å². The van der Waals surface area contributed by atoms with Crippen molar-refractivity contribution in [3.63, 3.8) is 0 Å². The summed E-state index contributed by atoms with van der Waals surface area (Å²) in [5.74, 6) is -0.150. The Hall–Kier alpha value is -1.39. The van der Waals surface area contributed by atoms with Gasteiger partial charge in [0.1, 0.15) is 5.82 Å². The molecule has 0 bridgehead atoms. The molecule has 100 valence electrons. The van der Waals surface area contributed by atoms with Gasteiger partial charge in [0, 0.05) is 34.3 Å². The summed E-state index contributed by atoms with van der Waals surface area (Å²) in [6.45, 7) is 3.56. The molecule has 0 aliphatic rings. The van der Waals surface area contributed by atoms with Gasteiger partial charge in [-0.1, -0.05) is 24.8 Å². The van der Waals surface area contributed by atoms with Crippen molar-refractivity contribution in [1.82, 2.24) is 10.3 Å². The number of nitrogens with one attached hydrogen (secondary N) is 1. The van der Waals surface area contributed by atoms with Gasteiger partial charge in [-0.3, -0.25) is 4.98 Å². The first-order valence-electron chi connectivity index (χ1n) is 6.37. The number of hydrogen-bond acceptors (Lipinski definition) is 3. The third-order valence-electron chi connectivity index (χ3n) is 2.68. The molecule has 0 amide bonds. The molecule has 0 spiro atoms. The summed E-state index contributed by atoms with van der Waals surface area (Å²) < 4.78 is 13.9. The minimum atomic E-state index is -0.150. The van der Waals surface area contributed by atoms with Crippen LogP contribution in [0.4, 0.5) is 4.39 Å². The van der Waals surface area contributed by atoms with Crippen molar-refractivity contribution in [2.75, 3.05) is 6.54 Å². The van der Waals surface area contributed by atoms with E-state index >= 15 is 0 Å². The van der Waals surface area contributed by atoms with Crippen LogP contribution in [0.3, 0.4) is 0 Å². The second-order valence-electron chi connectivity index (χ2n) is 4.18. The Balaban J connectivity index is 2.17. The van der Waals surface area contributed by atoms with Gasteiger partial charge in [-0.05, 0) is 37.2 Å². The average Bonchev–Trinajstić information content (AvgIpc) is 2.43. The number of aromatic nitrogens is 1. The maximum atomic E-state index is 13.9. The lowest BCUT2D eigenvalue weighted by atomic mass is 10.2. The molecule has 0 unspecified atom stereocenters. The minimum Gasteiger partial charge on any atom is -0.313 e. The van der Waals surface area contributed by atoms with E-state index in [1.807, 2.05) is 18.2 Å². The zero-order valence-corrected chi connectivity index (χ0v) is 11.7. The Morgan fingerprint density at radius 3 is 2.74 bits per heavy atom. The predicted octanol–water partition coefficient (Wildman–Crippen LogP) is 3.87. The van der Waals surface area contributed by atoms with Crippen LogP contribution >= 0.6 is 11.8 Å². The number of pyridine rings is 1. The summed E-state index contributed by atoms with van der Waals surface area (Å²) in [4.78, 5) is 6.01. The van der Waals surface area contributed by atoms with Gasteiger partial charge in [-0.2, -0.15) is 0 Å². The zero-order chi connectivity index (χ0) is 13.5. The van der Waals surface area contributed by atoms with Crippen molar-refractivity contribution >= 4 is 11.8 Å². The molecule has 1 aromatic heterocycles. The second-order valence-corrected chi connectivity index (χ2v) is 5.29. The number of nitrogens with zero attached hydrogens (tertiary/aromatic N) is 1. The van der Waals surface area contributed by atoms with Crippen LogP contribution in [0.2, 0.25) is 0 Å². The number of rotatable bonds is 6. The van der Waals surface area contributed by atoms with E-state index in [1.54, 1.807) is 30.2 Å². The summed E-state index contributed by atoms with van der Waals surface area (Å²) in [5, 5.41) is 3.25. The topological polar surface area (TPSA) is 24.9 Å². The van der Waals surface area contributed by atoms with Crippen LogP contribution in [-0.2, 0) is 6.54 Å². The van der Waals surface area contributed by atoms with Gasteiger partial charge in [0.25, 0.3) is 0 Å². The maximum Gasteiger partial charge on any atom is 0.128 e. The molecule has 0 fully saturated rings. The summed E-state index contributed by atoms with van der Waals surface area (Å²) in [7, 11) is 0. The van der Waals surface area contributed by atoms with Crippen molar-refractivity contribution in [1.29, 1.82) is 0 Å².